The van der Waals surface area contributed by atoms with Crippen molar-refractivity contribution in [2.45, 2.75) is 13.1 Å². The fourth-order valence-corrected chi connectivity index (χ4v) is 1.80. The smallest absolute Gasteiger partial charge is 0.237 e. The van der Waals surface area contributed by atoms with Crippen LogP contribution in [0, 0.1) is 0 Å². The second kappa shape index (κ2) is 8.35. The predicted molar refractivity (Wildman–Crippen MR) is 78.4 cm³/mol. The van der Waals surface area contributed by atoms with E-state index in [-0.39, 0.29) is 18.3 Å². The summed E-state index contributed by atoms with van der Waals surface area (Å²) in [6.07, 6.45) is 5.09. The molecule has 20 heavy (non-hydrogen) atoms. The van der Waals surface area contributed by atoms with Gasteiger partial charge < -0.3 is 14.6 Å². The minimum atomic E-state index is 0. The van der Waals surface area contributed by atoms with Crippen LogP contribution >= 0.6 is 12.4 Å². The number of pyridine rings is 1. The summed E-state index contributed by atoms with van der Waals surface area (Å²) in [5.74, 6) is 0.802. The van der Waals surface area contributed by atoms with Crippen LogP contribution in [0.5, 0.6) is 0 Å². The number of amides is 1. The highest BCUT2D eigenvalue weighted by molar-refractivity contribution is 5.85. The van der Waals surface area contributed by atoms with Crippen molar-refractivity contribution < 1.29 is 9.21 Å². The number of rotatable bonds is 6. The van der Waals surface area contributed by atoms with Crippen molar-refractivity contribution >= 4 is 18.3 Å². The molecule has 2 aromatic rings. The SMILES string of the molecule is CNCC(=O)N(Cc1cccnc1)Cc1ccco1.Cl. The number of hydrogen-bond donors (Lipinski definition) is 1. The molecule has 0 aromatic carbocycles. The van der Waals surface area contributed by atoms with Gasteiger partial charge in [0.05, 0.1) is 19.4 Å². The number of nitrogens with zero attached hydrogens (tertiary/aromatic N) is 2. The number of halogens is 1. The van der Waals surface area contributed by atoms with Gasteiger partial charge in [0.25, 0.3) is 0 Å². The molecule has 5 nitrogen and oxygen atoms in total. The quantitative estimate of drug-likeness (QED) is 0.883. The van der Waals surface area contributed by atoms with Crippen molar-refractivity contribution in [3.63, 3.8) is 0 Å². The van der Waals surface area contributed by atoms with Gasteiger partial charge in [-0.2, -0.15) is 0 Å². The maximum atomic E-state index is 12.1. The Morgan fingerprint density at radius 3 is 2.80 bits per heavy atom. The number of likely N-dealkylation sites (N-methyl/N-ethyl adjacent to an activating group) is 1. The maximum Gasteiger partial charge on any atom is 0.237 e. The van der Waals surface area contributed by atoms with Gasteiger partial charge in [0.15, 0.2) is 0 Å². The molecule has 2 heterocycles. The average molecular weight is 296 g/mol. The summed E-state index contributed by atoms with van der Waals surface area (Å²) < 4.78 is 5.30. The van der Waals surface area contributed by atoms with Gasteiger partial charge >= 0.3 is 0 Å². The summed E-state index contributed by atoms with van der Waals surface area (Å²) in [5, 5.41) is 2.88. The molecule has 0 spiro atoms. The Balaban J connectivity index is 0.00000200. The van der Waals surface area contributed by atoms with Crippen molar-refractivity contribution in [2.75, 3.05) is 13.6 Å². The minimum Gasteiger partial charge on any atom is -0.467 e. The Hall–Kier alpha value is -1.85. The van der Waals surface area contributed by atoms with Crippen LogP contribution in [0.3, 0.4) is 0 Å². The molecule has 0 aliphatic rings. The Morgan fingerprint density at radius 1 is 1.35 bits per heavy atom. The highest BCUT2D eigenvalue weighted by Crippen LogP contribution is 2.10. The highest BCUT2D eigenvalue weighted by Gasteiger charge is 2.15. The molecular weight excluding hydrogens is 278 g/mol. The van der Waals surface area contributed by atoms with E-state index in [9.17, 15) is 4.79 Å². The Labute approximate surface area is 124 Å². The fourth-order valence-electron chi connectivity index (χ4n) is 1.80. The molecule has 6 heteroatoms. The van der Waals surface area contributed by atoms with Crippen LogP contribution in [0.25, 0.3) is 0 Å². The maximum absolute atomic E-state index is 12.1. The first-order chi connectivity index (χ1) is 9.29. The molecule has 0 unspecified atom stereocenters. The number of aromatic nitrogens is 1. The molecule has 0 atom stereocenters. The molecule has 2 rings (SSSR count). The topological polar surface area (TPSA) is 58.4 Å². The van der Waals surface area contributed by atoms with E-state index in [1.54, 1.807) is 30.6 Å². The Kier molecular flexibility index (Phi) is 6.76. The zero-order valence-electron chi connectivity index (χ0n) is 11.3. The Bertz CT molecular complexity index is 502. The summed E-state index contributed by atoms with van der Waals surface area (Å²) in [6, 6.07) is 7.50. The van der Waals surface area contributed by atoms with Crippen LogP contribution in [0.15, 0.2) is 47.3 Å². The van der Waals surface area contributed by atoms with Gasteiger partial charge in [0, 0.05) is 18.9 Å². The molecule has 0 radical (unpaired) electrons. The van der Waals surface area contributed by atoms with Gasteiger partial charge in [-0.1, -0.05) is 6.07 Å². The molecule has 0 saturated heterocycles. The second-order valence-electron chi connectivity index (χ2n) is 4.22. The van der Waals surface area contributed by atoms with Crippen molar-refractivity contribution in [1.82, 2.24) is 15.2 Å². The van der Waals surface area contributed by atoms with Gasteiger partial charge in [-0.25, -0.2) is 0 Å². The van der Waals surface area contributed by atoms with Crippen molar-refractivity contribution in [3.8, 4) is 0 Å². The first kappa shape index (κ1) is 16.2. The number of hydrogen-bond acceptors (Lipinski definition) is 4. The highest BCUT2D eigenvalue weighted by atomic mass is 35.5. The first-order valence-corrected chi connectivity index (χ1v) is 6.13. The summed E-state index contributed by atoms with van der Waals surface area (Å²) >= 11 is 0. The van der Waals surface area contributed by atoms with Crippen molar-refractivity contribution in [2.24, 2.45) is 0 Å². The minimum absolute atomic E-state index is 0. The lowest BCUT2D eigenvalue weighted by molar-refractivity contribution is -0.131. The van der Waals surface area contributed by atoms with Gasteiger partial charge in [0.2, 0.25) is 5.91 Å². The predicted octanol–water partition coefficient (Wildman–Crippen LogP) is 1.84. The van der Waals surface area contributed by atoms with E-state index < -0.39 is 0 Å². The lowest BCUT2D eigenvalue weighted by atomic mass is 10.2. The van der Waals surface area contributed by atoms with E-state index in [4.69, 9.17) is 4.42 Å². The summed E-state index contributed by atoms with van der Waals surface area (Å²) in [4.78, 5) is 17.9. The molecular formula is C14H18ClN3O2. The molecule has 2 aromatic heterocycles. The summed E-state index contributed by atoms with van der Waals surface area (Å²) in [5.41, 5.74) is 0.999. The van der Waals surface area contributed by atoms with Crippen LogP contribution in [-0.4, -0.2) is 29.4 Å². The third kappa shape index (κ3) is 4.68. The van der Waals surface area contributed by atoms with E-state index in [0.717, 1.165) is 11.3 Å². The van der Waals surface area contributed by atoms with Crippen LogP contribution in [-0.2, 0) is 17.9 Å². The standard InChI is InChI=1S/C14H17N3O2.ClH/c1-15-9-14(18)17(11-13-5-3-7-19-13)10-12-4-2-6-16-8-12;/h2-8,15H,9-11H2,1H3;1H. The molecule has 0 fully saturated rings. The van der Waals surface area contributed by atoms with E-state index in [0.29, 0.717) is 19.6 Å². The molecule has 1 amide bonds. The van der Waals surface area contributed by atoms with Gasteiger partial charge in [-0.15, -0.1) is 12.4 Å². The van der Waals surface area contributed by atoms with Crippen LogP contribution in [0.1, 0.15) is 11.3 Å². The molecule has 108 valence electrons. The summed E-state index contributed by atoms with van der Waals surface area (Å²) in [6.45, 7) is 1.29. The number of carbonyl (C=O) groups is 1. The normalized spacial score (nSPS) is 9.85. The van der Waals surface area contributed by atoms with Gasteiger partial charge in [-0.05, 0) is 30.8 Å². The van der Waals surface area contributed by atoms with Crippen LogP contribution in [0.2, 0.25) is 0 Å². The molecule has 0 aliphatic heterocycles. The third-order valence-electron chi connectivity index (χ3n) is 2.70. The van der Waals surface area contributed by atoms with E-state index in [2.05, 4.69) is 10.3 Å². The number of carbonyl (C=O) groups excluding carboxylic acids is 1. The van der Waals surface area contributed by atoms with Crippen molar-refractivity contribution in [1.29, 1.82) is 0 Å². The van der Waals surface area contributed by atoms with Gasteiger partial charge in [-0.3, -0.25) is 9.78 Å². The third-order valence-corrected chi connectivity index (χ3v) is 2.70. The second-order valence-corrected chi connectivity index (χ2v) is 4.22. The Morgan fingerprint density at radius 2 is 2.20 bits per heavy atom. The van der Waals surface area contributed by atoms with E-state index in [1.165, 1.54) is 0 Å². The molecule has 0 bridgehead atoms. The number of furan rings is 1. The average Bonchev–Trinajstić information content (AvgIpc) is 2.92. The monoisotopic (exact) mass is 295 g/mol. The van der Waals surface area contributed by atoms with Crippen LogP contribution < -0.4 is 5.32 Å². The lowest BCUT2D eigenvalue weighted by Crippen LogP contribution is -2.36. The summed E-state index contributed by atoms with van der Waals surface area (Å²) in [7, 11) is 1.76. The first-order valence-electron chi connectivity index (χ1n) is 6.13. The molecule has 0 saturated carbocycles. The molecule has 1 N–H and O–H groups in total. The number of nitrogens with one attached hydrogen (secondary N) is 1. The van der Waals surface area contributed by atoms with Crippen molar-refractivity contribution in [3.05, 3.63) is 54.2 Å². The van der Waals surface area contributed by atoms with Gasteiger partial charge in [0.1, 0.15) is 5.76 Å². The lowest BCUT2D eigenvalue weighted by Gasteiger charge is -2.21. The largest absolute Gasteiger partial charge is 0.467 e. The zero-order valence-corrected chi connectivity index (χ0v) is 12.1. The fraction of sp³-hybridized carbons (Fsp3) is 0.286. The molecule has 0 aliphatic carbocycles. The van der Waals surface area contributed by atoms with Crippen LogP contribution in [0.4, 0.5) is 0 Å². The van der Waals surface area contributed by atoms with E-state index >= 15 is 0 Å². The van der Waals surface area contributed by atoms with E-state index in [1.807, 2.05) is 24.3 Å². The zero-order chi connectivity index (χ0) is 13.5.